The standard InChI is InChI=1S/C16H20N2O5/c17-14(19)10-22-13-7-3-2-6-12(13)16(21)23-11-15(20)18-8-4-1-5-9-18/h2-3,6-7H,1,4-5,8-11H2,(H2,17,19). The summed E-state index contributed by atoms with van der Waals surface area (Å²) in [5.74, 6) is -1.32. The SMILES string of the molecule is NC(=O)COc1ccccc1C(=O)OCC(=O)N1CCCCC1. The maximum atomic E-state index is 12.1. The van der Waals surface area contributed by atoms with Crippen molar-refractivity contribution in [3.05, 3.63) is 29.8 Å². The highest BCUT2D eigenvalue weighted by Gasteiger charge is 2.20. The Morgan fingerprint density at radius 3 is 2.43 bits per heavy atom. The van der Waals surface area contributed by atoms with Crippen molar-refractivity contribution in [3.8, 4) is 5.75 Å². The average molecular weight is 320 g/mol. The van der Waals surface area contributed by atoms with Crippen LogP contribution in [0.4, 0.5) is 0 Å². The third kappa shape index (κ3) is 4.98. The van der Waals surface area contributed by atoms with E-state index in [4.69, 9.17) is 15.2 Å². The van der Waals surface area contributed by atoms with Crippen molar-refractivity contribution in [3.63, 3.8) is 0 Å². The summed E-state index contributed by atoms with van der Waals surface area (Å²) in [6, 6.07) is 6.34. The number of hydrogen-bond acceptors (Lipinski definition) is 5. The van der Waals surface area contributed by atoms with Crippen LogP contribution in [0.5, 0.6) is 5.75 Å². The quantitative estimate of drug-likeness (QED) is 0.779. The van der Waals surface area contributed by atoms with Crippen LogP contribution in [0.2, 0.25) is 0 Å². The normalized spacial score (nSPS) is 14.2. The predicted molar refractivity (Wildman–Crippen MR) is 81.8 cm³/mol. The van der Waals surface area contributed by atoms with Crippen LogP contribution in [0.3, 0.4) is 0 Å². The Hall–Kier alpha value is -2.57. The van der Waals surface area contributed by atoms with E-state index in [1.54, 1.807) is 17.0 Å². The van der Waals surface area contributed by atoms with E-state index in [0.29, 0.717) is 13.1 Å². The molecule has 1 aliphatic heterocycles. The molecule has 2 N–H and O–H groups in total. The van der Waals surface area contributed by atoms with E-state index in [0.717, 1.165) is 19.3 Å². The van der Waals surface area contributed by atoms with Crippen LogP contribution in [0.1, 0.15) is 29.6 Å². The maximum Gasteiger partial charge on any atom is 0.342 e. The minimum absolute atomic E-state index is 0.153. The van der Waals surface area contributed by atoms with Crippen molar-refractivity contribution < 1.29 is 23.9 Å². The Bertz CT molecular complexity index is 582. The number of para-hydroxylation sites is 1. The van der Waals surface area contributed by atoms with Crippen molar-refractivity contribution in [1.82, 2.24) is 4.90 Å². The molecule has 1 aromatic carbocycles. The number of benzene rings is 1. The molecule has 0 atom stereocenters. The van der Waals surface area contributed by atoms with Crippen LogP contribution in [0, 0.1) is 0 Å². The highest BCUT2D eigenvalue weighted by atomic mass is 16.5. The molecule has 0 unspecified atom stereocenters. The molecule has 23 heavy (non-hydrogen) atoms. The van der Waals surface area contributed by atoms with Gasteiger partial charge in [0.1, 0.15) is 11.3 Å². The summed E-state index contributed by atoms with van der Waals surface area (Å²) < 4.78 is 10.2. The van der Waals surface area contributed by atoms with Gasteiger partial charge in [0.2, 0.25) is 0 Å². The maximum absolute atomic E-state index is 12.1. The highest BCUT2D eigenvalue weighted by molar-refractivity contribution is 5.94. The highest BCUT2D eigenvalue weighted by Crippen LogP contribution is 2.19. The van der Waals surface area contributed by atoms with Crippen molar-refractivity contribution in [1.29, 1.82) is 0 Å². The van der Waals surface area contributed by atoms with Crippen LogP contribution in [-0.4, -0.2) is 49.0 Å². The summed E-state index contributed by atoms with van der Waals surface area (Å²) in [7, 11) is 0. The largest absolute Gasteiger partial charge is 0.483 e. The Labute approximate surface area is 134 Å². The van der Waals surface area contributed by atoms with Crippen molar-refractivity contribution in [2.45, 2.75) is 19.3 Å². The Morgan fingerprint density at radius 2 is 1.74 bits per heavy atom. The molecule has 1 heterocycles. The van der Waals surface area contributed by atoms with Crippen LogP contribution in [-0.2, 0) is 14.3 Å². The van der Waals surface area contributed by atoms with Crippen LogP contribution in [0.15, 0.2) is 24.3 Å². The van der Waals surface area contributed by atoms with E-state index in [1.165, 1.54) is 12.1 Å². The molecule has 0 saturated carbocycles. The number of carbonyl (C=O) groups is 3. The molecule has 7 nitrogen and oxygen atoms in total. The molecule has 0 bridgehead atoms. The number of nitrogens with two attached hydrogens (primary N) is 1. The second-order valence-corrected chi connectivity index (χ2v) is 5.27. The molecule has 2 amide bonds. The molecule has 1 aromatic rings. The molecule has 0 radical (unpaired) electrons. The molecule has 1 aliphatic rings. The lowest BCUT2D eigenvalue weighted by atomic mass is 10.1. The molecule has 0 aromatic heterocycles. The van der Waals surface area contributed by atoms with E-state index in [2.05, 4.69) is 0 Å². The first-order valence-corrected chi connectivity index (χ1v) is 7.53. The Morgan fingerprint density at radius 1 is 1.04 bits per heavy atom. The molecular formula is C16H20N2O5. The topological polar surface area (TPSA) is 98.9 Å². The van der Waals surface area contributed by atoms with E-state index in [1.807, 2.05) is 0 Å². The number of hydrogen-bond donors (Lipinski definition) is 1. The van der Waals surface area contributed by atoms with Crippen LogP contribution >= 0.6 is 0 Å². The van der Waals surface area contributed by atoms with Gasteiger partial charge < -0.3 is 20.1 Å². The molecular weight excluding hydrogens is 300 g/mol. The second kappa shape index (κ2) is 8.17. The first kappa shape index (κ1) is 16.8. The lowest BCUT2D eigenvalue weighted by Crippen LogP contribution is -2.38. The summed E-state index contributed by atoms with van der Waals surface area (Å²) >= 11 is 0. The van der Waals surface area contributed by atoms with Gasteiger partial charge in [-0.25, -0.2) is 4.79 Å². The molecule has 0 aliphatic carbocycles. The zero-order chi connectivity index (χ0) is 16.7. The number of carbonyl (C=O) groups excluding carboxylic acids is 3. The number of likely N-dealkylation sites (tertiary alicyclic amines) is 1. The van der Waals surface area contributed by atoms with Crippen molar-refractivity contribution in [2.75, 3.05) is 26.3 Å². The predicted octanol–water partition coefficient (Wildman–Crippen LogP) is 0.720. The van der Waals surface area contributed by atoms with E-state index in [-0.39, 0.29) is 30.4 Å². The zero-order valence-electron chi connectivity index (χ0n) is 12.8. The lowest BCUT2D eigenvalue weighted by Gasteiger charge is -2.26. The molecule has 2 rings (SSSR count). The number of amides is 2. The van der Waals surface area contributed by atoms with Gasteiger partial charge in [-0.1, -0.05) is 12.1 Å². The van der Waals surface area contributed by atoms with Gasteiger partial charge in [-0.3, -0.25) is 9.59 Å². The fraction of sp³-hybridized carbons (Fsp3) is 0.438. The van der Waals surface area contributed by atoms with Gasteiger partial charge in [0.15, 0.2) is 13.2 Å². The fourth-order valence-corrected chi connectivity index (χ4v) is 2.35. The van der Waals surface area contributed by atoms with Gasteiger partial charge in [0, 0.05) is 13.1 Å². The van der Waals surface area contributed by atoms with Crippen molar-refractivity contribution >= 4 is 17.8 Å². The first-order chi connectivity index (χ1) is 11.1. The number of esters is 1. The lowest BCUT2D eigenvalue weighted by molar-refractivity contribution is -0.135. The number of primary amides is 1. The van der Waals surface area contributed by atoms with Gasteiger partial charge in [-0.15, -0.1) is 0 Å². The molecule has 124 valence electrons. The number of rotatable bonds is 6. The smallest absolute Gasteiger partial charge is 0.342 e. The fourth-order valence-electron chi connectivity index (χ4n) is 2.35. The third-order valence-electron chi connectivity index (χ3n) is 3.51. The summed E-state index contributed by atoms with van der Waals surface area (Å²) in [5, 5.41) is 0. The number of piperidine rings is 1. The molecule has 1 saturated heterocycles. The van der Waals surface area contributed by atoms with Gasteiger partial charge in [-0.05, 0) is 31.4 Å². The second-order valence-electron chi connectivity index (χ2n) is 5.27. The van der Waals surface area contributed by atoms with Gasteiger partial charge >= 0.3 is 5.97 Å². The zero-order valence-corrected chi connectivity index (χ0v) is 12.8. The summed E-state index contributed by atoms with van der Waals surface area (Å²) in [5.41, 5.74) is 5.17. The number of nitrogens with zero attached hydrogens (tertiary/aromatic N) is 1. The van der Waals surface area contributed by atoms with Crippen molar-refractivity contribution in [2.24, 2.45) is 5.73 Å². The monoisotopic (exact) mass is 320 g/mol. The minimum atomic E-state index is -0.671. The summed E-state index contributed by atoms with van der Waals surface area (Å²) in [6.45, 7) is 0.767. The van der Waals surface area contributed by atoms with E-state index < -0.39 is 11.9 Å². The minimum Gasteiger partial charge on any atom is -0.483 e. The first-order valence-electron chi connectivity index (χ1n) is 7.53. The Kier molecular flexibility index (Phi) is 5.96. The van der Waals surface area contributed by atoms with E-state index in [9.17, 15) is 14.4 Å². The van der Waals surface area contributed by atoms with Crippen LogP contribution in [0.25, 0.3) is 0 Å². The molecule has 0 spiro atoms. The number of ether oxygens (including phenoxy) is 2. The van der Waals surface area contributed by atoms with E-state index >= 15 is 0 Å². The average Bonchev–Trinajstić information content (AvgIpc) is 2.58. The summed E-state index contributed by atoms with van der Waals surface area (Å²) in [4.78, 5) is 36.6. The third-order valence-corrected chi connectivity index (χ3v) is 3.51. The Balaban J connectivity index is 1.92. The molecule has 1 fully saturated rings. The summed E-state index contributed by atoms with van der Waals surface area (Å²) in [6.07, 6.45) is 3.07. The van der Waals surface area contributed by atoms with Gasteiger partial charge in [0.05, 0.1) is 0 Å². The molecule has 7 heteroatoms. The van der Waals surface area contributed by atoms with Gasteiger partial charge in [-0.2, -0.15) is 0 Å². The van der Waals surface area contributed by atoms with Gasteiger partial charge in [0.25, 0.3) is 11.8 Å². The van der Waals surface area contributed by atoms with Crippen LogP contribution < -0.4 is 10.5 Å².